The van der Waals surface area contributed by atoms with Crippen molar-refractivity contribution in [2.75, 3.05) is 6.54 Å². The molecular formula is C17H18Cl2N4O4S. The van der Waals surface area contributed by atoms with Crippen LogP contribution in [0.2, 0.25) is 10.0 Å². The molecule has 0 aliphatic rings. The summed E-state index contributed by atoms with van der Waals surface area (Å²) in [7, 11) is 0. The summed E-state index contributed by atoms with van der Waals surface area (Å²) in [6.07, 6.45) is 0.470. The molecule has 2 aromatic rings. The SMILES string of the molecule is Cc1nc(-c2cccc(Cl)c2Cl)sc1C(=O)N[C@H](CCCNC(N)=O)C(=O)O. The summed E-state index contributed by atoms with van der Waals surface area (Å²) in [4.78, 5) is 39.3. The van der Waals surface area contributed by atoms with E-state index in [2.05, 4.69) is 15.6 Å². The molecule has 0 spiro atoms. The minimum atomic E-state index is -1.17. The van der Waals surface area contributed by atoms with Crippen molar-refractivity contribution in [2.24, 2.45) is 5.73 Å². The number of urea groups is 1. The monoisotopic (exact) mass is 444 g/mol. The molecule has 1 aromatic heterocycles. The maximum atomic E-state index is 12.6. The number of nitrogens with zero attached hydrogens (tertiary/aromatic N) is 1. The number of benzene rings is 1. The first-order valence-electron chi connectivity index (χ1n) is 8.19. The van der Waals surface area contributed by atoms with Gasteiger partial charge in [-0.2, -0.15) is 0 Å². The molecule has 0 bridgehead atoms. The van der Waals surface area contributed by atoms with Crippen molar-refractivity contribution in [3.8, 4) is 10.6 Å². The van der Waals surface area contributed by atoms with E-state index >= 15 is 0 Å². The van der Waals surface area contributed by atoms with Crippen molar-refractivity contribution >= 4 is 52.4 Å². The number of carbonyl (C=O) groups is 3. The number of nitrogens with one attached hydrogen (secondary N) is 2. The van der Waals surface area contributed by atoms with Crippen LogP contribution in [0.4, 0.5) is 4.79 Å². The van der Waals surface area contributed by atoms with E-state index in [1.165, 1.54) is 0 Å². The molecule has 0 fully saturated rings. The third kappa shape index (κ3) is 5.57. The van der Waals surface area contributed by atoms with E-state index in [4.69, 9.17) is 28.9 Å². The Balaban J connectivity index is 2.12. The molecule has 3 amide bonds. The highest BCUT2D eigenvalue weighted by molar-refractivity contribution is 7.17. The van der Waals surface area contributed by atoms with E-state index in [0.29, 0.717) is 32.7 Å². The molecule has 0 saturated heterocycles. The number of carboxylic acid groups (broad SMARTS) is 1. The van der Waals surface area contributed by atoms with Crippen LogP contribution in [0, 0.1) is 6.92 Å². The van der Waals surface area contributed by atoms with Crippen LogP contribution in [0.1, 0.15) is 28.2 Å². The first-order valence-corrected chi connectivity index (χ1v) is 9.76. The predicted molar refractivity (Wildman–Crippen MR) is 108 cm³/mol. The van der Waals surface area contributed by atoms with Gasteiger partial charge in [-0.3, -0.25) is 4.79 Å². The third-order valence-corrected chi connectivity index (χ3v) is 5.77. The number of aryl methyl sites for hydroxylation is 1. The number of amides is 3. The first-order chi connectivity index (χ1) is 13.2. The van der Waals surface area contributed by atoms with Crippen molar-refractivity contribution in [2.45, 2.75) is 25.8 Å². The second-order valence-electron chi connectivity index (χ2n) is 5.83. The molecule has 11 heteroatoms. The zero-order valence-corrected chi connectivity index (χ0v) is 17.1. The van der Waals surface area contributed by atoms with Gasteiger partial charge in [0.1, 0.15) is 15.9 Å². The molecule has 0 aliphatic heterocycles. The van der Waals surface area contributed by atoms with Crippen LogP contribution in [-0.4, -0.2) is 40.6 Å². The smallest absolute Gasteiger partial charge is 0.326 e. The van der Waals surface area contributed by atoms with E-state index in [1.807, 2.05) is 0 Å². The highest BCUT2D eigenvalue weighted by Gasteiger charge is 2.24. The Kier molecular flexibility index (Phi) is 7.61. The number of aliphatic carboxylic acids is 1. The van der Waals surface area contributed by atoms with Gasteiger partial charge < -0.3 is 21.5 Å². The second kappa shape index (κ2) is 9.72. The number of hydrogen-bond acceptors (Lipinski definition) is 5. The number of primary amides is 1. The number of rotatable bonds is 8. The minimum absolute atomic E-state index is 0.131. The van der Waals surface area contributed by atoms with E-state index in [-0.39, 0.29) is 17.8 Å². The highest BCUT2D eigenvalue weighted by Crippen LogP contribution is 2.36. The maximum absolute atomic E-state index is 12.6. The minimum Gasteiger partial charge on any atom is -0.480 e. The van der Waals surface area contributed by atoms with Gasteiger partial charge in [0.2, 0.25) is 0 Å². The highest BCUT2D eigenvalue weighted by atomic mass is 35.5. The number of carboxylic acids is 1. The topological polar surface area (TPSA) is 134 Å². The molecule has 1 aromatic carbocycles. The fourth-order valence-electron chi connectivity index (χ4n) is 2.39. The summed E-state index contributed by atoms with van der Waals surface area (Å²) < 4.78 is 0. The lowest BCUT2D eigenvalue weighted by molar-refractivity contribution is -0.139. The van der Waals surface area contributed by atoms with Crippen LogP contribution in [0.15, 0.2) is 18.2 Å². The van der Waals surface area contributed by atoms with Crippen molar-refractivity contribution < 1.29 is 19.5 Å². The maximum Gasteiger partial charge on any atom is 0.326 e. The molecule has 5 N–H and O–H groups in total. The van der Waals surface area contributed by atoms with Crippen molar-refractivity contribution in [1.82, 2.24) is 15.6 Å². The fraction of sp³-hybridized carbons (Fsp3) is 0.294. The molecule has 0 unspecified atom stereocenters. The standard InChI is InChI=1S/C17H18Cl2N4O4S/c1-8-13(28-15(22-8)9-4-2-5-10(18)12(9)19)14(24)23-11(16(25)26)6-3-7-21-17(20)27/h2,4-5,11H,3,6-7H2,1H3,(H,23,24)(H,25,26)(H3,20,21,27)/t11-/m1/s1. The van der Waals surface area contributed by atoms with Crippen LogP contribution in [0.25, 0.3) is 10.6 Å². The Morgan fingerprint density at radius 3 is 2.68 bits per heavy atom. The van der Waals surface area contributed by atoms with Gasteiger partial charge in [-0.15, -0.1) is 11.3 Å². The normalized spacial score (nSPS) is 11.7. The molecule has 28 heavy (non-hydrogen) atoms. The van der Waals surface area contributed by atoms with Crippen LogP contribution < -0.4 is 16.4 Å². The molecule has 0 aliphatic carbocycles. The largest absolute Gasteiger partial charge is 0.480 e. The van der Waals surface area contributed by atoms with Crippen LogP contribution in [-0.2, 0) is 4.79 Å². The fourth-order valence-corrected chi connectivity index (χ4v) is 3.84. The number of halogens is 2. The first kappa shape index (κ1) is 21.9. The number of nitrogens with two attached hydrogens (primary N) is 1. The molecule has 1 heterocycles. The van der Waals surface area contributed by atoms with Gasteiger partial charge in [-0.25, -0.2) is 14.6 Å². The average molecular weight is 445 g/mol. The Labute approximate surface area is 175 Å². The molecular weight excluding hydrogens is 427 g/mol. The van der Waals surface area contributed by atoms with E-state index < -0.39 is 23.9 Å². The number of thiazole rings is 1. The molecule has 2 rings (SSSR count). The summed E-state index contributed by atoms with van der Waals surface area (Å²) in [6, 6.07) is 3.30. The molecule has 8 nitrogen and oxygen atoms in total. The van der Waals surface area contributed by atoms with Crippen molar-refractivity contribution in [3.63, 3.8) is 0 Å². The predicted octanol–water partition coefficient (Wildman–Crippen LogP) is 3.06. The van der Waals surface area contributed by atoms with E-state index in [1.54, 1.807) is 25.1 Å². The lowest BCUT2D eigenvalue weighted by atomic mass is 10.1. The van der Waals surface area contributed by atoms with Gasteiger partial charge in [-0.05, 0) is 25.8 Å². The third-order valence-electron chi connectivity index (χ3n) is 3.76. The van der Waals surface area contributed by atoms with Gasteiger partial charge in [0.05, 0.1) is 15.7 Å². The van der Waals surface area contributed by atoms with E-state index in [9.17, 15) is 19.5 Å². The number of hydrogen-bond donors (Lipinski definition) is 4. The van der Waals surface area contributed by atoms with E-state index in [0.717, 1.165) is 11.3 Å². The summed E-state index contributed by atoms with van der Waals surface area (Å²) in [5.41, 5.74) is 6.00. The second-order valence-corrected chi connectivity index (χ2v) is 7.62. The van der Waals surface area contributed by atoms with Crippen molar-refractivity contribution in [1.29, 1.82) is 0 Å². The van der Waals surface area contributed by atoms with Gasteiger partial charge in [-0.1, -0.05) is 35.3 Å². The van der Waals surface area contributed by atoms with Crippen molar-refractivity contribution in [3.05, 3.63) is 38.8 Å². The van der Waals surface area contributed by atoms with Gasteiger partial charge in [0, 0.05) is 12.1 Å². The average Bonchev–Trinajstić information content (AvgIpc) is 3.01. The Bertz CT molecular complexity index is 903. The van der Waals surface area contributed by atoms with Crippen LogP contribution >= 0.6 is 34.5 Å². The lowest BCUT2D eigenvalue weighted by Gasteiger charge is -2.14. The van der Waals surface area contributed by atoms with Crippen LogP contribution in [0.5, 0.6) is 0 Å². The number of aromatic nitrogens is 1. The zero-order valence-electron chi connectivity index (χ0n) is 14.8. The Hall–Kier alpha value is -2.36. The zero-order chi connectivity index (χ0) is 20.8. The summed E-state index contributed by atoms with van der Waals surface area (Å²) in [5, 5.41) is 15.4. The quantitative estimate of drug-likeness (QED) is 0.464. The number of carbonyl (C=O) groups excluding carboxylic acids is 2. The molecule has 0 radical (unpaired) electrons. The Morgan fingerprint density at radius 1 is 1.32 bits per heavy atom. The van der Waals surface area contributed by atoms with Crippen LogP contribution in [0.3, 0.4) is 0 Å². The summed E-state index contributed by atoms with van der Waals surface area (Å²) in [6.45, 7) is 1.87. The summed E-state index contributed by atoms with van der Waals surface area (Å²) >= 11 is 13.3. The van der Waals surface area contributed by atoms with Gasteiger partial charge in [0.15, 0.2) is 0 Å². The van der Waals surface area contributed by atoms with Gasteiger partial charge in [0.25, 0.3) is 5.91 Å². The molecule has 150 valence electrons. The molecule has 0 saturated carbocycles. The van der Waals surface area contributed by atoms with Gasteiger partial charge >= 0.3 is 12.0 Å². The lowest BCUT2D eigenvalue weighted by Crippen LogP contribution is -2.41. The Morgan fingerprint density at radius 2 is 2.04 bits per heavy atom. The molecule has 1 atom stereocenters. The summed E-state index contributed by atoms with van der Waals surface area (Å²) in [5.74, 6) is -1.72.